The van der Waals surface area contributed by atoms with Gasteiger partial charge in [0.1, 0.15) is 24.1 Å². The molecule has 0 aromatic heterocycles. The van der Waals surface area contributed by atoms with Crippen molar-refractivity contribution in [3.8, 4) is 11.5 Å². The topological polar surface area (TPSA) is 139 Å². The van der Waals surface area contributed by atoms with E-state index in [0.29, 0.717) is 62.8 Å². The van der Waals surface area contributed by atoms with Crippen LogP contribution in [0.25, 0.3) is 10.8 Å². The van der Waals surface area contributed by atoms with Crippen LogP contribution in [0.4, 0.5) is 4.79 Å². The first kappa shape index (κ1) is 55.0. The number of unbranched alkanes of at least 4 members (excludes halogenated alkanes) is 11. The lowest BCUT2D eigenvalue weighted by Crippen LogP contribution is -2.70. The van der Waals surface area contributed by atoms with E-state index in [1.54, 1.807) is 12.1 Å². The van der Waals surface area contributed by atoms with E-state index in [1.807, 2.05) is 30.0 Å². The van der Waals surface area contributed by atoms with Crippen LogP contribution in [-0.2, 0) is 20.9 Å². The highest BCUT2D eigenvalue weighted by atomic mass is 16.7. The maximum Gasteiger partial charge on any atom is 0.412 e. The van der Waals surface area contributed by atoms with Gasteiger partial charge in [0.05, 0.1) is 18.2 Å². The first-order valence-corrected chi connectivity index (χ1v) is 28.3. The normalized spacial score (nSPS) is 23.0. The number of rotatable bonds is 31. The Morgan fingerprint density at radius 1 is 0.861 bits per heavy atom. The zero-order valence-electron chi connectivity index (χ0n) is 43.8. The molecule has 0 unspecified atom stereocenters. The Labute approximate surface area is 431 Å². The van der Waals surface area contributed by atoms with Crippen molar-refractivity contribution in [1.29, 1.82) is 0 Å². The quantitative estimate of drug-likeness (QED) is 0.0329. The second-order valence-corrected chi connectivity index (χ2v) is 21.0. The Morgan fingerprint density at radius 3 is 2.32 bits per heavy atom. The lowest BCUT2D eigenvalue weighted by atomic mass is 9.55. The van der Waals surface area contributed by atoms with Crippen LogP contribution in [0.15, 0.2) is 90.1 Å². The van der Waals surface area contributed by atoms with Crippen molar-refractivity contribution in [3.63, 3.8) is 0 Å². The van der Waals surface area contributed by atoms with Gasteiger partial charge in [-0.1, -0.05) is 163 Å². The Kier molecular flexibility index (Phi) is 21.9. The van der Waals surface area contributed by atoms with Gasteiger partial charge in [-0.25, -0.2) is 4.79 Å². The molecule has 2 amide bonds. The fraction of sp³-hybridized carbons (Fsp3) is 0.623. The van der Waals surface area contributed by atoms with Crippen LogP contribution >= 0.6 is 0 Å². The SMILES string of the molecule is C=CCO[C@@]12Oc3ccc(OC(=O)NCCCCCCCCCCCC)cc3[C@H]3[C@H](CCCCO)[C@@H](CCCCO)C=C(C(=NOCC)C[C@@H]1N(Cc1cccc4ccccc14)C(=O)CCC1CCCC1)[C@H]32. The monoisotopic (exact) mass is 990 g/mol. The van der Waals surface area contributed by atoms with Gasteiger partial charge in [0.25, 0.3) is 0 Å². The Balaban J connectivity index is 1.28. The molecule has 1 heterocycles. The molecule has 2 saturated carbocycles. The molecule has 11 heteroatoms. The molecule has 0 saturated heterocycles. The number of hydrogen-bond donors (Lipinski definition) is 3. The summed E-state index contributed by atoms with van der Waals surface area (Å²) in [5.41, 5.74) is 3.71. The van der Waals surface area contributed by atoms with E-state index in [2.05, 4.69) is 61.3 Å². The molecular formula is C61H87N3O8. The van der Waals surface area contributed by atoms with Crippen molar-refractivity contribution in [2.75, 3.05) is 33.0 Å². The highest BCUT2D eigenvalue weighted by molar-refractivity contribution is 6.03. The maximum atomic E-state index is 15.4. The summed E-state index contributed by atoms with van der Waals surface area (Å²) in [6.07, 6.45) is 26.7. The van der Waals surface area contributed by atoms with E-state index in [-0.39, 0.29) is 43.5 Å². The molecule has 1 aliphatic heterocycles. The van der Waals surface area contributed by atoms with Crippen molar-refractivity contribution < 1.29 is 38.9 Å². The highest BCUT2D eigenvalue weighted by Crippen LogP contribution is 2.62. The molecule has 394 valence electrons. The maximum absolute atomic E-state index is 15.4. The van der Waals surface area contributed by atoms with Crippen LogP contribution in [0.1, 0.15) is 179 Å². The Morgan fingerprint density at radius 2 is 1.58 bits per heavy atom. The number of allylic oxidation sites excluding steroid dienone is 1. The average molecular weight is 990 g/mol. The number of carbonyl (C=O) groups is 2. The number of carbonyl (C=O) groups excluding carboxylic acids is 2. The van der Waals surface area contributed by atoms with Crippen molar-refractivity contribution in [2.45, 2.75) is 186 Å². The number of aliphatic hydroxyl groups excluding tert-OH is 2. The molecule has 6 atom stereocenters. The van der Waals surface area contributed by atoms with Gasteiger partial charge in [-0.15, -0.1) is 6.58 Å². The average Bonchev–Trinajstić information content (AvgIpc) is 3.93. The summed E-state index contributed by atoms with van der Waals surface area (Å²) in [5, 5.41) is 30.2. The zero-order valence-corrected chi connectivity index (χ0v) is 43.8. The van der Waals surface area contributed by atoms with Gasteiger partial charge in [0, 0.05) is 50.6 Å². The van der Waals surface area contributed by atoms with E-state index in [9.17, 15) is 15.0 Å². The van der Waals surface area contributed by atoms with Crippen molar-refractivity contribution >= 4 is 28.5 Å². The molecule has 4 aliphatic rings. The molecule has 0 bridgehead atoms. The third-order valence-corrected chi connectivity index (χ3v) is 16.1. The lowest BCUT2D eigenvalue weighted by molar-refractivity contribution is -0.258. The molecule has 3 aromatic rings. The Hall–Kier alpha value is -4.71. The molecule has 0 spiro atoms. The smallest absolute Gasteiger partial charge is 0.412 e. The third kappa shape index (κ3) is 14.1. The van der Waals surface area contributed by atoms with E-state index >= 15 is 4.79 Å². The molecule has 3 N–H and O–H groups in total. The number of ether oxygens (including phenoxy) is 3. The van der Waals surface area contributed by atoms with Crippen LogP contribution < -0.4 is 14.8 Å². The zero-order chi connectivity index (χ0) is 50.5. The number of nitrogens with zero attached hydrogens (tertiary/aromatic N) is 2. The number of aliphatic hydroxyl groups is 2. The van der Waals surface area contributed by atoms with Gasteiger partial charge in [-0.2, -0.15) is 0 Å². The van der Waals surface area contributed by atoms with Gasteiger partial charge in [-0.05, 0) is 103 Å². The van der Waals surface area contributed by atoms with Gasteiger partial charge < -0.3 is 39.5 Å². The summed E-state index contributed by atoms with van der Waals surface area (Å²) >= 11 is 0. The minimum absolute atomic E-state index is 0.0374. The van der Waals surface area contributed by atoms with Crippen LogP contribution in [0.3, 0.4) is 0 Å². The van der Waals surface area contributed by atoms with Crippen LogP contribution in [-0.4, -0.2) is 77.6 Å². The molecular weight excluding hydrogens is 903 g/mol. The molecule has 2 fully saturated rings. The number of benzene rings is 3. The third-order valence-electron chi connectivity index (χ3n) is 16.1. The number of oxime groups is 1. The summed E-state index contributed by atoms with van der Waals surface area (Å²) < 4.78 is 20.9. The summed E-state index contributed by atoms with van der Waals surface area (Å²) in [6.45, 7) is 9.95. The lowest BCUT2D eigenvalue weighted by Gasteiger charge is -2.60. The fourth-order valence-electron chi connectivity index (χ4n) is 12.6. The fourth-order valence-corrected chi connectivity index (χ4v) is 12.6. The number of amides is 2. The second-order valence-electron chi connectivity index (χ2n) is 21.0. The van der Waals surface area contributed by atoms with E-state index in [4.69, 9.17) is 24.2 Å². The number of fused-ring (bicyclic) bond motifs is 3. The summed E-state index contributed by atoms with van der Waals surface area (Å²) in [5.74, 6) is -0.351. The summed E-state index contributed by atoms with van der Waals surface area (Å²) in [7, 11) is 0. The predicted molar refractivity (Wildman–Crippen MR) is 288 cm³/mol. The minimum atomic E-state index is -1.39. The van der Waals surface area contributed by atoms with Crippen LogP contribution in [0.2, 0.25) is 0 Å². The number of nitrogens with one attached hydrogen (secondary N) is 1. The molecule has 72 heavy (non-hydrogen) atoms. The Bertz CT molecular complexity index is 2230. The van der Waals surface area contributed by atoms with Crippen molar-refractivity contribution in [2.24, 2.45) is 28.8 Å². The first-order valence-electron chi connectivity index (χ1n) is 28.3. The molecule has 0 radical (unpaired) electrons. The van der Waals surface area contributed by atoms with E-state index in [0.717, 1.165) is 91.0 Å². The van der Waals surface area contributed by atoms with Gasteiger partial charge in [0.2, 0.25) is 11.7 Å². The number of hydrogen-bond acceptors (Lipinski definition) is 9. The predicted octanol–water partition coefficient (Wildman–Crippen LogP) is 13.5. The second kappa shape index (κ2) is 28.7. The summed E-state index contributed by atoms with van der Waals surface area (Å²) in [4.78, 5) is 37.0. The largest absolute Gasteiger partial charge is 0.459 e. The molecule has 3 aromatic carbocycles. The first-order chi connectivity index (χ1) is 35.3. The standard InChI is InChI=1S/C61H87N3O8/c1-4-7-8-9-10-11-12-13-14-21-37-62-60(68)71-49-34-35-55-53(42-49)58-51(32-20-23-39-66)47(28-19-22-38-65)41-52-54(63-70-6-3)43-56(61(72-55,59(52)58)69-40-5-2)64(57(67)36-33-45-25-15-16-26-45)44-48-30-24-29-46-27-17-18-31-50(46)48/h5,17-18,24,27,29-31,34-35,41-42,45,47,51,56,58-59,65-66H,2,4,6-16,19-23,25-26,28,32-33,36-40,43-44H2,1,3H3,(H,62,68)/t47-,51+,56-,58+,59+,61+/m0/s1. The van der Waals surface area contributed by atoms with E-state index < -0.39 is 23.8 Å². The summed E-state index contributed by atoms with van der Waals surface area (Å²) in [6, 6.07) is 19.7. The van der Waals surface area contributed by atoms with Crippen LogP contribution in [0, 0.1) is 23.7 Å². The van der Waals surface area contributed by atoms with Gasteiger partial charge in [0.15, 0.2) is 0 Å². The molecule has 3 aliphatic carbocycles. The van der Waals surface area contributed by atoms with Crippen molar-refractivity contribution in [3.05, 3.63) is 96.1 Å². The van der Waals surface area contributed by atoms with E-state index in [1.165, 1.54) is 64.2 Å². The molecule has 11 nitrogen and oxygen atoms in total. The van der Waals surface area contributed by atoms with Gasteiger partial charge in [-0.3, -0.25) is 4.79 Å². The van der Waals surface area contributed by atoms with Crippen molar-refractivity contribution in [1.82, 2.24) is 10.2 Å². The van der Waals surface area contributed by atoms with Gasteiger partial charge >= 0.3 is 6.09 Å². The highest BCUT2D eigenvalue weighted by Gasteiger charge is 2.65. The molecule has 7 rings (SSSR count). The minimum Gasteiger partial charge on any atom is -0.459 e. The van der Waals surface area contributed by atoms with Crippen LogP contribution in [0.5, 0.6) is 11.5 Å².